The Balaban J connectivity index is 1.52. The second kappa shape index (κ2) is 6.75. The molecule has 0 aromatic carbocycles. The number of hydrogen-bond acceptors (Lipinski definition) is 8. The second-order valence-electron chi connectivity index (χ2n) is 12.1. The highest BCUT2D eigenvalue weighted by atomic mass is 16.7. The lowest BCUT2D eigenvalue weighted by molar-refractivity contribution is -0.221. The van der Waals surface area contributed by atoms with Gasteiger partial charge in [0.15, 0.2) is 6.10 Å². The van der Waals surface area contributed by atoms with Crippen molar-refractivity contribution >= 4 is 17.7 Å². The third-order valence-corrected chi connectivity index (χ3v) is 10.5. The van der Waals surface area contributed by atoms with Gasteiger partial charge in [-0.3, -0.25) is 9.59 Å². The summed E-state index contributed by atoms with van der Waals surface area (Å²) in [5.41, 5.74) is -3.91. The van der Waals surface area contributed by atoms with Crippen LogP contribution in [0.2, 0.25) is 0 Å². The molecule has 3 saturated heterocycles. The maximum Gasteiger partial charge on any atom is 0.339 e. The maximum absolute atomic E-state index is 14.2. The Hall–Kier alpha value is -2.23. The van der Waals surface area contributed by atoms with Gasteiger partial charge in [-0.15, -0.1) is 0 Å². The van der Waals surface area contributed by atoms with E-state index >= 15 is 0 Å². The minimum Gasteiger partial charge on any atom is -0.481 e. The third-order valence-electron chi connectivity index (χ3n) is 10.5. The highest BCUT2D eigenvalue weighted by Crippen LogP contribution is 2.79. The average Bonchev–Trinajstić information content (AvgIpc) is 3.23. The summed E-state index contributed by atoms with van der Waals surface area (Å²) < 4.78 is 23.6. The fourth-order valence-electron chi connectivity index (χ4n) is 8.92. The number of hydrogen-bond donors (Lipinski definition) is 2. The SMILES string of the molecule is CC1(C)OC[C@]2([C@@H](O)CC(=O)O)[C@@H]1CC(=O)[C@]1(C)[C@H]2CC[C@]2(C)[C@H](c3ccoc3)OC(=O)[C@@H]3O[C@]321. The number of aliphatic carboxylic acids is 1. The molecule has 0 unspecified atom stereocenters. The van der Waals surface area contributed by atoms with Crippen molar-refractivity contribution in [3.05, 3.63) is 24.2 Å². The number of carbonyl (C=O) groups is 3. The Labute approximate surface area is 203 Å². The highest BCUT2D eigenvalue weighted by molar-refractivity contribution is 5.93. The molecule has 2 N–H and O–H groups in total. The molecule has 9 heteroatoms. The van der Waals surface area contributed by atoms with Crippen LogP contribution in [0.4, 0.5) is 0 Å². The standard InChI is InChI=1S/C26H32O9/c1-22(2)15-9-16(27)24(4)14(25(15,12-33-22)17(28)10-18(29)30)5-7-23(3)19(13-6-8-32-11-13)34-21(31)20-26(23,24)35-20/h6,8,11,14-15,17,19-20,28H,5,7,9-10,12H2,1-4H3,(H,29,30)/t14-,15-,17+,19+,20+,23-,24+,25-,26-/m1/s1. The molecule has 3 aliphatic heterocycles. The van der Waals surface area contributed by atoms with Crippen LogP contribution in [-0.2, 0) is 28.6 Å². The van der Waals surface area contributed by atoms with Crippen LogP contribution in [0.5, 0.6) is 0 Å². The van der Waals surface area contributed by atoms with Gasteiger partial charge in [-0.1, -0.05) is 6.92 Å². The topological polar surface area (TPSA) is 136 Å². The van der Waals surface area contributed by atoms with Gasteiger partial charge in [0, 0.05) is 28.7 Å². The fraction of sp³-hybridized carbons (Fsp3) is 0.731. The fourth-order valence-corrected chi connectivity index (χ4v) is 8.92. The molecule has 9 atom stereocenters. The number of epoxide rings is 1. The lowest BCUT2D eigenvalue weighted by atomic mass is 9.37. The van der Waals surface area contributed by atoms with Gasteiger partial charge in [-0.25, -0.2) is 4.79 Å². The molecule has 5 fully saturated rings. The first-order chi connectivity index (χ1) is 16.4. The summed E-state index contributed by atoms with van der Waals surface area (Å²) in [7, 11) is 0. The Morgan fingerprint density at radius 1 is 1.17 bits per heavy atom. The molecule has 0 amide bonds. The summed E-state index contributed by atoms with van der Waals surface area (Å²) >= 11 is 0. The van der Waals surface area contributed by atoms with Gasteiger partial charge in [0.25, 0.3) is 0 Å². The van der Waals surface area contributed by atoms with E-state index in [9.17, 15) is 24.6 Å². The summed E-state index contributed by atoms with van der Waals surface area (Å²) in [6, 6.07) is 1.76. The molecule has 0 bridgehead atoms. The third kappa shape index (κ3) is 2.47. The zero-order valence-electron chi connectivity index (χ0n) is 20.4. The van der Waals surface area contributed by atoms with E-state index in [0.717, 1.165) is 0 Å². The van der Waals surface area contributed by atoms with Gasteiger partial charge in [0.2, 0.25) is 0 Å². The molecule has 1 aromatic heterocycles. The lowest BCUT2D eigenvalue weighted by Gasteiger charge is -2.64. The Bertz CT molecular complexity index is 1110. The van der Waals surface area contributed by atoms with E-state index in [1.165, 1.54) is 6.26 Å². The molecule has 190 valence electrons. The Morgan fingerprint density at radius 3 is 2.57 bits per heavy atom. The smallest absolute Gasteiger partial charge is 0.339 e. The number of ether oxygens (including phenoxy) is 3. The van der Waals surface area contributed by atoms with Crippen molar-refractivity contribution in [3.8, 4) is 0 Å². The van der Waals surface area contributed by atoms with E-state index in [0.29, 0.717) is 18.4 Å². The zero-order chi connectivity index (χ0) is 25.2. The van der Waals surface area contributed by atoms with Crippen molar-refractivity contribution < 1.29 is 43.2 Å². The van der Waals surface area contributed by atoms with Crippen LogP contribution in [0.3, 0.4) is 0 Å². The van der Waals surface area contributed by atoms with E-state index < -0.39 is 70.0 Å². The Kier molecular flexibility index (Phi) is 4.47. The molecule has 1 spiro atoms. The van der Waals surface area contributed by atoms with Gasteiger partial charge < -0.3 is 28.8 Å². The molecule has 2 aliphatic carbocycles. The van der Waals surface area contributed by atoms with Crippen LogP contribution in [-0.4, -0.2) is 58.0 Å². The summed E-state index contributed by atoms with van der Waals surface area (Å²) in [5, 5.41) is 21.0. The first kappa shape index (κ1) is 23.2. The quantitative estimate of drug-likeness (QED) is 0.484. The number of furan rings is 1. The van der Waals surface area contributed by atoms with Crippen LogP contribution in [0.1, 0.15) is 65.0 Å². The van der Waals surface area contributed by atoms with Crippen molar-refractivity contribution in [2.75, 3.05) is 6.61 Å². The first-order valence-corrected chi connectivity index (χ1v) is 12.3. The molecular weight excluding hydrogens is 456 g/mol. The second-order valence-corrected chi connectivity index (χ2v) is 12.1. The predicted molar refractivity (Wildman–Crippen MR) is 118 cm³/mol. The predicted octanol–water partition coefficient (Wildman–Crippen LogP) is 2.66. The van der Waals surface area contributed by atoms with Gasteiger partial charge in [-0.2, -0.15) is 0 Å². The zero-order valence-corrected chi connectivity index (χ0v) is 20.4. The number of carboxylic acid groups (broad SMARTS) is 1. The van der Waals surface area contributed by atoms with E-state index in [1.54, 1.807) is 12.3 Å². The number of fused-ring (bicyclic) bond motifs is 3. The monoisotopic (exact) mass is 488 g/mol. The normalized spacial score (nSPS) is 48.1. The molecule has 1 aromatic rings. The van der Waals surface area contributed by atoms with Gasteiger partial charge >= 0.3 is 11.9 Å². The van der Waals surface area contributed by atoms with Crippen molar-refractivity contribution in [1.82, 2.24) is 0 Å². The number of carbonyl (C=O) groups excluding carboxylic acids is 2. The maximum atomic E-state index is 14.2. The number of Topliss-reactive ketones (excluding diaryl/α,β-unsaturated/α-hetero) is 1. The molecule has 4 heterocycles. The van der Waals surface area contributed by atoms with E-state index in [4.69, 9.17) is 18.6 Å². The molecule has 9 nitrogen and oxygen atoms in total. The van der Waals surface area contributed by atoms with E-state index in [1.807, 2.05) is 27.7 Å². The summed E-state index contributed by atoms with van der Waals surface area (Å²) in [5.74, 6) is -2.42. The summed E-state index contributed by atoms with van der Waals surface area (Å²) in [6.45, 7) is 7.82. The van der Waals surface area contributed by atoms with E-state index in [-0.39, 0.29) is 24.7 Å². The number of aliphatic hydroxyl groups is 1. The minimum atomic E-state index is -1.21. The van der Waals surface area contributed by atoms with Crippen molar-refractivity contribution in [3.63, 3.8) is 0 Å². The number of esters is 1. The summed E-state index contributed by atoms with van der Waals surface area (Å²) in [6.07, 6.45) is 1.13. The largest absolute Gasteiger partial charge is 0.481 e. The van der Waals surface area contributed by atoms with Crippen molar-refractivity contribution in [1.29, 1.82) is 0 Å². The minimum absolute atomic E-state index is 0.0294. The summed E-state index contributed by atoms with van der Waals surface area (Å²) in [4.78, 5) is 39.0. The molecular formula is C26H32O9. The number of ketones is 1. The van der Waals surface area contributed by atoms with Crippen molar-refractivity contribution in [2.24, 2.45) is 28.1 Å². The molecule has 35 heavy (non-hydrogen) atoms. The molecule has 2 saturated carbocycles. The lowest BCUT2D eigenvalue weighted by Crippen LogP contribution is -2.72. The molecule has 0 radical (unpaired) electrons. The number of aliphatic hydroxyl groups excluding tert-OH is 1. The van der Waals surface area contributed by atoms with Gasteiger partial charge in [-0.05, 0) is 45.6 Å². The molecule has 6 rings (SSSR count). The number of rotatable bonds is 4. The Morgan fingerprint density at radius 2 is 1.91 bits per heavy atom. The first-order valence-electron chi connectivity index (χ1n) is 12.3. The number of cyclic esters (lactones) is 1. The van der Waals surface area contributed by atoms with Crippen LogP contribution in [0.25, 0.3) is 0 Å². The van der Waals surface area contributed by atoms with Gasteiger partial charge in [0.05, 0.1) is 42.7 Å². The van der Waals surface area contributed by atoms with Crippen LogP contribution >= 0.6 is 0 Å². The van der Waals surface area contributed by atoms with Gasteiger partial charge in [0.1, 0.15) is 17.5 Å². The average molecular weight is 489 g/mol. The van der Waals surface area contributed by atoms with Crippen molar-refractivity contribution in [2.45, 2.75) is 82.9 Å². The highest BCUT2D eigenvalue weighted by Gasteiger charge is 2.89. The van der Waals surface area contributed by atoms with Crippen LogP contribution in [0, 0.1) is 28.1 Å². The van der Waals surface area contributed by atoms with Crippen LogP contribution in [0.15, 0.2) is 23.0 Å². The molecule has 5 aliphatic rings. The number of carboxylic acids is 1. The van der Waals surface area contributed by atoms with Crippen LogP contribution < -0.4 is 0 Å². The van der Waals surface area contributed by atoms with E-state index in [2.05, 4.69) is 0 Å².